The third kappa shape index (κ3) is 3.68. The van der Waals surface area contributed by atoms with Gasteiger partial charge in [-0.25, -0.2) is 0 Å². The minimum absolute atomic E-state index is 0.515. The van der Waals surface area contributed by atoms with Crippen LogP contribution in [0.4, 0.5) is 0 Å². The molecule has 0 aromatic heterocycles. The Labute approximate surface area is 115 Å². The van der Waals surface area contributed by atoms with Crippen molar-refractivity contribution in [2.45, 2.75) is 38.7 Å². The zero-order chi connectivity index (χ0) is 13.5. The maximum absolute atomic E-state index is 10.5. The van der Waals surface area contributed by atoms with Crippen LogP contribution in [0.1, 0.15) is 49.0 Å². The summed E-state index contributed by atoms with van der Waals surface area (Å²) in [7, 11) is 0. The number of unbranched alkanes of at least 4 members (excludes halogenated alkanes) is 2. The molecule has 0 aliphatic rings. The van der Waals surface area contributed by atoms with E-state index in [2.05, 4.69) is 19.1 Å². The van der Waals surface area contributed by atoms with Gasteiger partial charge in [0.25, 0.3) is 0 Å². The van der Waals surface area contributed by atoms with E-state index in [9.17, 15) is 5.11 Å². The summed E-state index contributed by atoms with van der Waals surface area (Å²) in [6.07, 6.45) is 4.20. The fourth-order valence-corrected chi connectivity index (χ4v) is 2.41. The number of hydrogen-bond donors (Lipinski definition) is 1. The molecule has 2 rings (SSSR count). The Kier molecular flexibility index (Phi) is 5.17. The SMILES string of the molecule is CCCCCc1ccccc1[C@@H](O)c1ccccc1. The molecule has 19 heavy (non-hydrogen) atoms. The number of hydrogen-bond acceptors (Lipinski definition) is 1. The monoisotopic (exact) mass is 254 g/mol. The molecule has 0 bridgehead atoms. The Bertz CT molecular complexity index is 490. The van der Waals surface area contributed by atoms with E-state index in [1.807, 2.05) is 42.5 Å². The minimum atomic E-state index is -0.515. The number of rotatable bonds is 6. The molecule has 0 radical (unpaired) electrons. The summed E-state index contributed by atoms with van der Waals surface area (Å²) in [5, 5.41) is 10.5. The fraction of sp³-hybridized carbons (Fsp3) is 0.333. The highest BCUT2D eigenvalue weighted by Gasteiger charge is 2.13. The summed E-state index contributed by atoms with van der Waals surface area (Å²) in [6, 6.07) is 18.1. The van der Waals surface area contributed by atoms with E-state index < -0.39 is 6.10 Å². The van der Waals surface area contributed by atoms with Gasteiger partial charge in [-0.05, 0) is 29.5 Å². The zero-order valence-corrected chi connectivity index (χ0v) is 11.5. The van der Waals surface area contributed by atoms with Crippen molar-refractivity contribution in [2.24, 2.45) is 0 Å². The molecule has 2 aromatic rings. The summed E-state index contributed by atoms with van der Waals surface area (Å²) in [4.78, 5) is 0. The van der Waals surface area contributed by atoms with E-state index in [0.717, 1.165) is 17.5 Å². The van der Waals surface area contributed by atoms with E-state index in [0.29, 0.717) is 0 Å². The average molecular weight is 254 g/mol. The lowest BCUT2D eigenvalue weighted by atomic mass is 9.94. The first kappa shape index (κ1) is 13.8. The largest absolute Gasteiger partial charge is 0.384 e. The molecule has 0 saturated heterocycles. The van der Waals surface area contributed by atoms with Crippen molar-refractivity contribution in [1.29, 1.82) is 0 Å². The van der Waals surface area contributed by atoms with Crippen LogP contribution in [0.2, 0.25) is 0 Å². The van der Waals surface area contributed by atoms with Crippen molar-refractivity contribution in [3.05, 3.63) is 71.3 Å². The van der Waals surface area contributed by atoms with Gasteiger partial charge in [0, 0.05) is 0 Å². The Hall–Kier alpha value is -1.60. The molecule has 1 N–H and O–H groups in total. The molecule has 0 amide bonds. The molecule has 100 valence electrons. The van der Waals surface area contributed by atoms with Gasteiger partial charge in [-0.1, -0.05) is 74.4 Å². The minimum Gasteiger partial charge on any atom is -0.384 e. The van der Waals surface area contributed by atoms with Gasteiger partial charge in [0.2, 0.25) is 0 Å². The molecular weight excluding hydrogens is 232 g/mol. The van der Waals surface area contributed by atoms with Crippen molar-refractivity contribution < 1.29 is 5.11 Å². The molecule has 0 spiro atoms. The van der Waals surface area contributed by atoms with Crippen LogP contribution in [0.25, 0.3) is 0 Å². The van der Waals surface area contributed by atoms with Crippen molar-refractivity contribution in [2.75, 3.05) is 0 Å². The summed E-state index contributed by atoms with van der Waals surface area (Å²) in [5.74, 6) is 0. The smallest absolute Gasteiger partial charge is 0.104 e. The van der Waals surface area contributed by atoms with E-state index >= 15 is 0 Å². The molecule has 0 heterocycles. The van der Waals surface area contributed by atoms with Crippen molar-refractivity contribution in [1.82, 2.24) is 0 Å². The van der Waals surface area contributed by atoms with Crippen molar-refractivity contribution >= 4 is 0 Å². The van der Waals surface area contributed by atoms with Crippen molar-refractivity contribution in [3.8, 4) is 0 Å². The lowest BCUT2D eigenvalue weighted by Crippen LogP contribution is -2.03. The van der Waals surface area contributed by atoms with Crippen molar-refractivity contribution in [3.63, 3.8) is 0 Å². The maximum atomic E-state index is 10.5. The Morgan fingerprint density at radius 1 is 0.895 bits per heavy atom. The number of aliphatic hydroxyl groups is 1. The van der Waals surface area contributed by atoms with Crippen LogP contribution in [0.3, 0.4) is 0 Å². The second kappa shape index (κ2) is 7.10. The normalized spacial score (nSPS) is 12.3. The molecule has 1 heteroatoms. The van der Waals surface area contributed by atoms with Gasteiger partial charge >= 0.3 is 0 Å². The zero-order valence-electron chi connectivity index (χ0n) is 11.5. The number of aryl methyl sites for hydroxylation is 1. The first-order chi connectivity index (χ1) is 9.33. The predicted octanol–water partition coefficient (Wildman–Crippen LogP) is 4.50. The lowest BCUT2D eigenvalue weighted by Gasteiger charge is -2.16. The molecule has 2 aromatic carbocycles. The summed E-state index contributed by atoms with van der Waals surface area (Å²) >= 11 is 0. The van der Waals surface area contributed by atoms with Gasteiger partial charge in [-0.3, -0.25) is 0 Å². The standard InChI is InChI=1S/C18H22O/c1-2-3-5-10-15-11-8-9-14-17(15)18(19)16-12-6-4-7-13-16/h4,6-9,11-14,18-19H,2-3,5,10H2,1H3/t18-/m0/s1. The molecule has 0 unspecified atom stereocenters. The molecule has 1 nitrogen and oxygen atoms in total. The number of aliphatic hydroxyl groups excluding tert-OH is 1. The molecule has 0 saturated carbocycles. The first-order valence-corrected chi connectivity index (χ1v) is 7.13. The molecule has 1 atom stereocenters. The van der Waals surface area contributed by atoms with Crippen LogP contribution in [-0.4, -0.2) is 5.11 Å². The summed E-state index contributed by atoms with van der Waals surface area (Å²) in [6.45, 7) is 2.21. The van der Waals surface area contributed by atoms with Gasteiger partial charge < -0.3 is 5.11 Å². The fourth-order valence-electron chi connectivity index (χ4n) is 2.41. The Balaban J connectivity index is 2.19. The van der Waals surface area contributed by atoms with Crippen LogP contribution in [0.15, 0.2) is 54.6 Å². The van der Waals surface area contributed by atoms with Gasteiger partial charge in [0.1, 0.15) is 6.10 Å². The van der Waals surface area contributed by atoms with Gasteiger partial charge in [0.15, 0.2) is 0 Å². The molecule has 0 fully saturated rings. The first-order valence-electron chi connectivity index (χ1n) is 7.13. The quantitative estimate of drug-likeness (QED) is 0.752. The van der Waals surface area contributed by atoms with E-state index in [1.54, 1.807) is 0 Å². The summed E-state index contributed by atoms with van der Waals surface area (Å²) < 4.78 is 0. The molecule has 0 aliphatic heterocycles. The van der Waals surface area contributed by atoms with E-state index in [-0.39, 0.29) is 0 Å². The van der Waals surface area contributed by atoms with Crippen LogP contribution in [0, 0.1) is 0 Å². The highest BCUT2D eigenvalue weighted by atomic mass is 16.3. The second-order valence-electron chi connectivity index (χ2n) is 4.97. The lowest BCUT2D eigenvalue weighted by molar-refractivity contribution is 0.219. The third-order valence-electron chi connectivity index (χ3n) is 3.51. The second-order valence-corrected chi connectivity index (χ2v) is 4.97. The van der Waals surface area contributed by atoms with Gasteiger partial charge in [0.05, 0.1) is 0 Å². The van der Waals surface area contributed by atoms with Gasteiger partial charge in [-0.15, -0.1) is 0 Å². The van der Waals surface area contributed by atoms with Gasteiger partial charge in [-0.2, -0.15) is 0 Å². The summed E-state index contributed by atoms with van der Waals surface area (Å²) in [5.41, 5.74) is 3.28. The van der Waals surface area contributed by atoms with E-state index in [1.165, 1.54) is 24.8 Å². The van der Waals surface area contributed by atoms with Crippen LogP contribution < -0.4 is 0 Å². The molecular formula is C18H22O. The highest BCUT2D eigenvalue weighted by Crippen LogP contribution is 2.25. The Morgan fingerprint density at radius 3 is 2.32 bits per heavy atom. The van der Waals surface area contributed by atoms with Crippen LogP contribution in [0.5, 0.6) is 0 Å². The highest BCUT2D eigenvalue weighted by molar-refractivity contribution is 5.35. The van der Waals surface area contributed by atoms with Crippen LogP contribution >= 0.6 is 0 Å². The maximum Gasteiger partial charge on any atom is 0.104 e. The topological polar surface area (TPSA) is 20.2 Å². The Morgan fingerprint density at radius 2 is 1.58 bits per heavy atom. The number of benzene rings is 2. The predicted molar refractivity (Wildman–Crippen MR) is 80.2 cm³/mol. The van der Waals surface area contributed by atoms with Crippen LogP contribution in [-0.2, 0) is 6.42 Å². The third-order valence-corrected chi connectivity index (χ3v) is 3.51. The van der Waals surface area contributed by atoms with E-state index in [4.69, 9.17) is 0 Å². The molecule has 0 aliphatic carbocycles. The average Bonchev–Trinajstić information content (AvgIpc) is 2.48.